The van der Waals surface area contributed by atoms with Crippen molar-refractivity contribution in [3.8, 4) is 24.7 Å². The lowest BCUT2D eigenvalue weighted by molar-refractivity contribution is 0.1000. The maximum atomic E-state index is 11.4. The first kappa shape index (κ1) is 39.1. The summed E-state index contributed by atoms with van der Waals surface area (Å²) in [6, 6.07) is 10.0. The molecule has 0 radical (unpaired) electrons. The first-order valence-electron chi connectivity index (χ1n) is 15.6. The van der Waals surface area contributed by atoms with Crippen molar-refractivity contribution in [2.45, 2.75) is 117 Å². The predicted octanol–water partition coefficient (Wildman–Crippen LogP) is 9.24. The van der Waals surface area contributed by atoms with Crippen LogP contribution in [0.3, 0.4) is 0 Å². The number of rotatable bonds is 8. The molecule has 2 aliphatic rings. The maximum absolute atomic E-state index is 11.4. The van der Waals surface area contributed by atoms with Gasteiger partial charge in [-0.2, -0.15) is 0 Å². The number of amides is 1. The molecular weight excluding hydrogens is 538 g/mol. The van der Waals surface area contributed by atoms with Gasteiger partial charge >= 0.3 is 0 Å². The molecule has 1 aromatic carbocycles. The third-order valence-electron chi connectivity index (χ3n) is 7.25. The monoisotopic (exact) mass is 593 g/mol. The van der Waals surface area contributed by atoms with Gasteiger partial charge in [0, 0.05) is 34.9 Å². The van der Waals surface area contributed by atoms with Gasteiger partial charge in [-0.05, 0) is 93.7 Å². The smallest absolute Gasteiger partial charge is 0.248 e. The third-order valence-corrected chi connectivity index (χ3v) is 7.53. The van der Waals surface area contributed by atoms with Crippen LogP contribution in [0.15, 0.2) is 49.2 Å². The van der Waals surface area contributed by atoms with Crippen molar-refractivity contribution >= 4 is 17.5 Å². The Hall–Kier alpha value is -2.92. The number of nitrogens with two attached hydrogens (primary N) is 1. The number of hydrogen-bond acceptors (Lipinski definition) is 2. The van der Waals surface area contributed by atoms with Gasteiger partial charge in [-0.15, -0.1) is 31.0 Å². The second-order valence-electron chi connectivity index (χ2n) is 10.7. The standard InChI is InChI=1S/C27H34ClN3O.C3H8.C3H6.C2H6.C2H2/c1-3-19(2)25-23(17-28)10-14-31(25)24-8-7-21(16-24)18-30-27(12-13-27)11-9-20-5-4-6-22(15-20)26(29)32;2*1-3-2;2*1-2/h4-6,10,14-15,19,21,24,30H,3,7-8,12-13,16-18H2,1-2H3,(H2,29,32);3H2,1-2H3;3H,1H2,2H3;1-2H3;1-2H. The van der Waals surface area contributed by atoms with E-state index in [1.54, 1.807) is 18.2 Å². The van der Waals surface area contributed by atoms with E-state index in [4.69, 9.17) is 17.3 Å². The number of halogens is 1. The number of carbonyl (C=O) groups is 1. The van der Waals surface area contributed by atoms with Crippen molar-refractivity contribution in [3.63, 3.8) is 0 Å². The molecule has 1 aromatic heterocycles. The van der Waals surface area contributed by atoms with Crippen LogP contribution in [0, 0.1) is 30.6 Å². The number of hydrogen-bond donors (Lipinski definition) is 2. The lowest BCUT2D eigenvalue weighted by atomic mass is 10.0. The predicted molar refractivity (Wildman–Crippen MR) is 184 cm³/mol. The summed E-state index contributed by atoms with van der Waals surface area (Å²) in [5.41, 5.74) is 9.39. The van der Waals surface area contributed by atoms with Gasteiger partial charge in [0.1, 0.15) is 0 Å². The lowest BCUT2D eigenvalue weighted by Gasteiger charge is -2.22. The number of carbonyl (C=O) groups excluding carboxylic acids is 1. The molecule has 3 N–H and O–H groups in total. The number of nitrogens with one attached hydrogen (secondary N) is 1. The average molecular weight is 594 g/mol. The topological polar surface area (TPSA) is 60.1 Å². The van der Waals surface area contributed by atoms with Gasteiger partial charge in [-0.25, -0.2) is 0 Å². The van der Waals surface area contributed by atoms with E-state index in [1.807, 2.05) is 32.9 Å². The molecule has 2 saturated carbocycles. The summed E-state index contributed by atoms with van der Waals surface area (Å²) < 4.78 is 2.52. The minimum atomic E-state index is -0.416. The van der Waals surface area contributed by atoms with Crippen LogP contribution in [-0.4, -0.2) is 22.6 Å². The fourth-order valence-electron chi connectivity index (χ4n) is 4.94. The first-order chi connectivity index (χ1) is 20.3. The first-order valence-corrected chi connectivity index (χ1v) is 16.1. The molecule has 5 heteroatoms. The van der Waals surface area contributed by atoms with E-state index in [9.17, 15) is 4.79 Å². The molecule has 2 aromatic rings. The van der Waals surface area contributed by atoms with Crippen LogP contribution in [-0.2, 0) is 5.88 Å². The van der Waals surface area contributed by atoms with Crippen LogP contribution >= 0.6 is 11.6 Å². The van der Waals surface area contributed by atoms with Crippen molar-refractivity contribution in [3.05, 3.63) is 71.6 Å². The average Bonchev–Trinajstić information content (AvgIpc) is 3.41. The normalized spacial score (nSPS) is 17.9. The van der Waals surface area contributed by atoms with Crippen LogP contribution < -0.4 is 11.1 Å². The SMILES string of the molecule is C#C.C=CC.CC.CCC.CCC(C)c1c(CCl)ccn1C1CCC(CNC2(C#Cc3cccc(C(N)=O)c3)CC2)C1. The summed E-state index contributed by atoms with van der Waals surface area (Å²) in [4.78, 5) is 11.4. The highest BCUT2D eigenvalue weighted by atomic mass is 35.5. The summed E-state index contributed by atoms with van der Waals surface area (Å²) >= 11 is 6.23. The van der Waals surface area contributed by atoms with Crippen LogP contribution in [0.2, 0.25) is 0 Å². The Balaban J connectivity index is 0.00000150. The zero-order chi connectivity index (χ0) is 32.1. The van der Waals surface area contributed by atoms with Crippen molar-refractivity contribution in [2.24, 2.45) is 11.7 Å². The number of terminal acetylenes is 1. The van der Waals surface area contributed by atoms with Gasteiger partial charge in [0.05, 0.1) is 5.54 Å². The number of primary amides is 1. The molecule has 0 saturated heterocycles. The van der Waals surface area contributed by atoms with Gasteiger partial charge in [0.25, 0.3) is 0 Å². The molecule has 3 atom stereocenters. The molecule has 0 aliphatic heterocycles. The van der Waals surface area contributed by atoms with Crippen LogP contribution in [0.1, 0.15) is 133 Å². The molecule has 1 amide bonds. The number of benzene rings is 1. The van der Waals surface area contributed by atoms with Crippen molar-refractivity contribution in [1.82, 2.24) is 9.88 Å². The van der Waals surface area contributed by atoms with E-state index in [0.717, 1.165) is 31.4 Å². The fourth-order valence-corrected chi connectivity index (χ4v) is 5.16. The number of allylic oxidation sites excluding steroid dienone is 1. The summed E-state index contributed by atoms with van der Waals surface area (Å²) in [6.07, 6.45) is 20.2. The van der Waals surface area contributed by atoms with E-state index >= 15 is 0 Å². The molecule has 1 heterocycles. The van der Waals surface area contributed by atoms with Gasteiger partial charge in [-0.3, -0.25) is 4.79 Å². The van der Waals surface area contributed by atoms with Gasteiger partial charge in [0.2, 0.25) is 5.91 Å². The summed E-state index contributed by atoms with van der Waals surface area (Å²) in [7, 11) is 0. The molecule has 0 bridgehead atoms. The Morgan fingerprint density at radius 1 is 1.24 bits per heavy atom. The van der Waals surface area contributed by atoms with Gasteiger partial charge < -0.3 is 15.6 Å². The highest BCUT2D eigenvalue weighted by molar-refractivity contribution is 6.17. The zero-order valence-electron chi connectivity index (χ0n) is 27.3. The van der Waals surface area contributed by atoms with E-state index in [-0.39, 0.29) is 5.54 Å². The van der Waals surface area contributed by atoms with Crippen LogP contribution in [0.4, 0.5) is 0 Å². The van der Waals surface area contributed by atoms with E-state index in [1.165, 1.54) is 36.9 Å². The molecular formula is C37H56ClN3O. The Labute approximate surface area is 262 Å². The van der Waals surface area contributed by atoms with Crippen LogP contribution in [0.25, 0.3) is 0 Å². The minimum Gasteiger partial charge on any atom is -0.366 e. The van der Waals surface area contributed by atoms with Gasteiger partial charge in [-0.1, -0.05) is 71.9 Å². The fraction of sp³-hybridized carbons (Fsp3) is 0.541. The largest absolute Gasteiger partial charge is 0.366 e. The molecule has 4 rings (SSSR count). The Morgan fingerprint density at radius 2 is 1.86 bits per heavy atom. The highest BCUT2D eigenvalue weighted by Gasteiger charge is 2.41. The summed E-state index contributed by atoms with van der Waals surface area (Å²) in [6.45, 7) is 19.1. The molecule has 42 heavy (non-hydrogen) atoms. The second kappa shape index (κ2) is 21.7. The number of nitrogens with zero attached hydrogens (tertiary/aromatic N) is 1. The molecule has 232 valence electrons. The van der Waals surface area contributed by atoms with Crippen molar-refractivity contribution in [1.29, 1.82) is 0 Å². The highest BCUT2D eigenvalue weighted by Crippen LogP contribution is 2.40. The second-order valence-corrected chi connectivity index (χ2v) is 10.9. The van der Waals surface area contributed by atoms with Crippen molar-refractivity contribution < 1.29 is 4.79 Å². The third kappa shape index (κ3) is 12.5. The molecule has 4 nitrogen and oxygen atoms in total. The van der Waals surface area contributed by atoms with Gasteiger partial charge in [0.15, 0.2) is 0 Å². The van der Waals surface area contributed by atoms with E-state index in [0.29, 0.717) is 29.3 Å². The summed E-state index contributed by atoms with van der Waals surface area (Å²) in [5.74, 6) is 8.06. The maximum Gasteiger partial charge on any atom is 0.248 e. The Kier molecular flexibility index (Phi) is 20.2. The Morgan fingerprint density at radius 3 is 2.38 bits per heavy atom. The molecule has 0 spiro atoms. The minimum absolute atomic E-state index is 0.0675. The van der Waals surface area contributed by atoms with E-state index in [2.05, 4.69) is 81.1 Å². The molecule has 2 fully saturated rings. The van der Waals surface area contributed by atoms with Crippen LogP contribution in [0.5, 0.6) is 0 Å². The quantitative estimate of drug-likeness (QED) is 0.182. The number of aromatic nitrogens is 1. The molecule has 3 unspecified atom stereocenters. The summed E-state index contributed by atoms with van der Waals surface area (Å²) in [5, 5.41) is 3.76. The van der Waals surface area contributed by atoms with E-state index < -0.39 is 5.91 Å². The Bertz CT molecular complexity index is 1130. The lowest BCUT2D eigenvalue weighted by Crippen LogP contribution is -2.33. The van der Waals surface area contributed by atoms with Crippen molar-refractivity contribution in [2.75, 3.05) is 6.54 Å². The zero-order valence-corrected chi connectivity index (χ0v) is 28.1. The number of alkyl halides is 1. The molecule has 2 aliphatic carbocycles.